The second-order valence-electron chi connectivity index (χ2n) is 9.29. The Morgan fingerprint density at radius 3 is 2.46 bits per heavy atom. The Labute approximate surface area is 216 Å². The predicted molar refractivity (Wildman–Crippen MR) is 141 cm³/mol. The van der Waals surface area contributed by atoms with E-state index in [0.717, 1.165) is 42.7 Å². The van der Waals surface area contributed by atoms with Gasteiger partial charge in [0.25, 0.3) is 5.56 Å². The van der Waals surface area contributed by atoms with E-state index >= 15 is 0 Å². The van der Waals surface area contributed by atoms with Gasteiger partial charge in [-0.2, -0.15) is 0 Å². The van der Waals surface area contributed by atoms with Crippen LogP contribution in [-0.2, 0) is 17.7 Å². The van der Waals surface area contributed by atoms with E-state index in [4.69, 9.17) is 4.74 Å². The Morgan fingerprint density at radius 2 is 1.84 bits per heavy atom. The summed E-state index contributed by atoms with van der Waals surface area (Å²) in [5.41, 5.74) is 3.82. The van der Waals surface area contributed by atoms with E-state index in [1.165, 1.54) is 11.9 Å². The molecule has 0 aliphatic carbocycles. The molecule has 1 fully saturated rings. The largest absolute Gasteiger partial charge is 0.502 e. The number of aromatic hydroxyl groups is 1. The third-order valence-electron chi connectivity index (χ3n) is 6.62. The first-order chi connectivity index (χ1) is 18.1. The van der Waals surface area contributed by atoms with E-state index in [1.807, 2.05) is 24.3 Å². The van der Waals surface area contributed by atoms with Gasteiger partial charge < -0.3 is 20.1 Å². The number of methoxy groups -OCH3 is 1. The molecule has 4 rings (SSSR count). The lowest BCUT2D eigenvalue weighted by Crippen LogP contribution is -2.26. The average Bonchev–Trinajstić information content (AvgIpc) is 3.38. The molecule has 194 valence electrons. The molecule has 1 aromatic heterocycles. The minimum absolute atomic E-state index is 0.197. The summed E-state index contributed by atoms with van der Waals surface area (Å²) in [4.78, 5) is 20.8. The predicted octanol–water partition coefficient (Wildman–Crippen LogP) is 2.98. The first kappa shape index (κ1) is 26.6. The van der Waals surface area contributed by atoms with Crippen molar-refractivity contribution in [2.45, 2.75) is 31.4 Å². The number of likely N-dealkylation sites (tertiary alicyclic amines) is 1. The number of rotatable bonds is 10. The van der Waals surface area contributed by atoms with Gasteiger partial charge in [0.2, 0.25) is 5.75 Å². The molecule has 0 saturated carbocycles. The number of hydrogen-bond donors (Lipinski definition) is 3. The summed E-state index contributed by atoms with van der Waals surface area (Å²) in [6.45, 7) is 3.05. The van der Waals surface area contributed by atoms with E-state index in [2.05, 4.69) is 56.3 Å². The number of hydrogen-bond acceptors (Lipinski definition) is 6. The van der Waals surface area contributed by atoms with Gasteiger partial charge in [-0.15, -0.1) is 0 Å². The van der Waals surface area contributed by atoms with Gasteiger partial charge in [0.15, 0.2) is 0 Å². The van der Waals surface area contributed by atoms with Crippen molar-refractivity contribution in [3.05, 3.63) is 93.2 Å². The molecular formula is C29H33FN4O3. The molecule has 2 heterocycles. The maximum Gasteiger partial charge on any atom is 0.293 e. The maximum absolute atomic E-state index is 12.6. The number of ether oxygens (including phenoxy) is 1. The topological polar surface area (TPSA) is 90.5 Å². The summed E-state index contributed by atoms with van der Waals surface area (Å²) in [6, 6.07) is 16.2. The highest BCUT2D eigenvalue weighted by Crippen LogP contribution is 2.24. The highest BCUT2D eigenvalue weighted by molar-refractivity contribution is 5.44. The van der Waals surface area contributed by atoms with Crippen molar-refractivity contribution in [3.63, 3.8) is 0 Å². The van der Waals surface area contributed by atoms with Gasteiger partial charge >= 0.3 is 0 Å². The van der Waals surface area contributed by atoms with Crippen LogP contribution in [0.3, 0.4) is 0 Å². The number of aromatic nitrogens is 2. The highest BCUT2D eigenvalue weighted by atomic mass is 19.1. The van der Waals surface area contributed by atoms with Gasteiger partial charge in [-0.3, -0.25) is 9.69 Å². The van der Waals surface area contributed by atoms with Gasteiger partial charge in [-0.25, -0.2) is 9.37 Å². The molecule has 2 atom stereocenters. The van der Waals surface area contributed by atoms with Crippen LogP contribution < -0.4 is 10.9 Å². The van der Waals surface area contributed by atoms with Gasteiger partial charge in [0, 0.05) is 56.9 Å². The minimum Gasteiger partial charge on any atom is -0.502 e. The van der Waals surface area contributed by atoms with Crippen molar-refractivity contribution in [1.82, 2.24) is 20.2 Å². The van der Waals surface area contributed by atoms with Crippen LogP contribution >= 0.6 is 0 Å². The molecule has 3 aromatic rings. The monoisotopic (exact) mass is 504 g/mol. The number of alkyl halides is 1. The number of aromatic amines is 1. The molecule has 7 nitrogen and oxygen atoms in total. The molecule has 3 N–H and O–H groups in total. The van der Waals surface area contributed by atoms with Gasteiger partial charge in [0.05, 0.1) is 18.1 Å². The number of benzene rings is 2. The molecule has 0 radical (unpaired) electrons. The summed E-state index contributed by atoms with van der Waals surface area (Å²) in [5.74, 6) is 5.74. The SMILES string of the molecule is CO[C@@H]1CCN(Cc2ccc(C#Cc3ccc(CC(CNCCF)c4nc[nH]c(=O)c4O)cc3)cc2)C1. The van der Waals surface area contributed by atoms with Gasteiger partial charge in [0.1, 0.15) is 6.67 Å². The molecule has 8 heteroatoms. The van der Waals surface area contributed by atoms with Crippen LogP contribution in [0, 0.1) is 11.8 Å². The van der Waals surface area contributed by atoms with Crippen LogP contribution in [0.1, 0.15) is 40.3 Å². The van der Waals surface area contributed by atoms with E-state index in [9.17, 15) is 14.3 Å². The summed E-state index contributed by atoms with van der Waals surface area (Å²) in [7, 11) is 1.78. The lowest BCUT2D eigenvalue weighted by Gasteiger charge is -2.17. The van der Waals surface area contributed by atoms with Crippen molar-refractivity contribution in [1.29, 1.82) is 0 Å². The van der Waals surface area contributed by atoms with Crippen molar-refractivity contribution in [2.75, 3.05) is 40.0 Å². The summed E-state index contributed by atoms with van der Waals surface area (Å²) < 4.78 is 18.0. The number of halogens is 1. The fourth-order valence-corrected chi connectivity index (χ4v) is 4.55. The zero-order chi connectivity index (χ0) is 26.0. The quantitative estimate of drug-likeness (QED) is 0.291. The second-order valence-corrected chi connectivity index (χ2v) is 9.29. The first-order valence-corrected chi connectivity index (χ1v) is 12.5. The molecule has 1 saturated heterocycles. The first-order valence-electron chi connectivity index (χ1n) is 12.5. The molecule has 0 bridgehead atoms. The van der Waals surface area contributed by atoms with Gasteiger partial charge in [-0.1, -0.05) is 36.1 Å². The van der Waals surface area contributed by atoms with Crippen molar-refractivity contribution < 1.29 is 14.2 Å². The van der Waals surface area contributed by atoms with Crippen LogP contribution in [0.4, 0.5) is 4.39 Å². The Balaban J connectivity index is 1.38. The molecular weight excluding hydrogens is 471 g/mol. The smallest absolute Gasteiger partial charge is 0.293 e. The second kappa shape index (κ2) is 13.2. The summed E-state index contributed by atoms with van der Waals surface area (Å²) >= 11 is 0. The number of H-pyrrole nitrogens is 1. The zero-order valence-electron chi connectivity index (χ0n) is 21.0. The number of nitrogens with one attached hydrogen (secondary N) is 2. The fourth-order valence-electron chi connectivity index (χ4n) is 4.55. The zero-order valence-corrected chi connectivity index (χ0v) is 21.0. The fraction of sp³-hybridized carbons (Fsp3) is 0.379. The van der Waals surface area contributed by atoms with Crippen LogP contribution in [-0.4, -0.2) is 66.0 Å². The van der Waals surface area contributed by atoms with Crippen LogP contribution in [0.5, 0.6) is 5.75 Å². The molecule has 1 unspecified atom stereocenters. The molecule has 1 aliphatic rings. The summed E-state index contributed by atoms with van der Waals surface area (Å²) in [5, 5.41) is 13.2. The van der Waals surface area contributed by atoms with Gasteiger partial charge in [-0.05, 0) is 48.2 Å². The van der Waals surface area contributed by atoms with Crippen LogP contribution in [0.2, 0.25) is 0 Å². The van der Waals surface area contributed by atoms with E-state index < -0.39 is 18.0 Å². The standard InChI is InChI=1S/C29H33FN4O3/c1-37-26-12-15-34(19-26)18-24-10-6-22(7-11-24)3-2-21-4-8-23(9-5-21)16-25(17-31-14-13-30)27-28(35)29(36)33-20-32-27/h4-11,20,25-26,31,35H,12-19H2,1H3,(H,32,33,36)/t25?,26-/m1/s1. The van der Waals surface area contributed by atoms with E-state index in [1.54, 1.807) is 7.11 Å². The maximum atomic E-state index is 12.6. The summed E-state index contributed by atoms with van der Waals surface area (Å²) in [6.07, 6.45) is 3.22. The molecule has 2 aromatic carbocycles. The Hall–Kier alpha value is -3.51. The molecule has 37 heavy (non-hydrogen) atoms. The Morgan fingerprint density at radius 1 is 1.16 bits per heavy atom. The number of nitrogens with zero attached hydrogens (tertiary/aromatic N) is 2. The molecule has 0 spiro atoms. The highest BCUT2D eigenvalue weighted by Gasteiger charge is 2.22. The third-order valence-corrected chi connectivity index (χ3v) is 6.62. The Kier molecular flexibility index (Phi) is 9.44. The Bertz CT molecular complexity index is 1270. The molecule has 0 amide bonds. The van der Waals surface area contributed by atoms with Crippen LogP contribution in [0.15, 0.2) is 59.7 Å². The van der Waals surface area contributed by atoms with E-state index in [-0.39, 0.29) is 12.5 Å². The lowest BCUT2D eigenvalue weighted by atomic mass is 9.94. The van der Waals surface area contributed by atoms with Crippen molar-refractivity contribution in [3.8, 4) is 17.6 Å². The minimum atomic E-state index is -0.588. The molecule has 1 aliphatic heterocycles. The van der Waals surface area contributed by atoms with Crippen molar-refractivity contribution in [2.24, 2.45) is 0 Å². The van der Waals surface area contributed by atoms with Crippen molar-refractivity contribution >= 4 is 0 Å². The average molecular weight is 505 g/mol. The van der Waals surface area contributed by atoms with Crippen LogP contribution in [0.25, 0.3) is 0 Å². The third kappa shape index (κ3) is 7.49. The normalized spacial score (nSPS) is 16.3. The van der Waals surface area contributed by atoms with E-state index in [0.29, 0.717) is 24.8 Å². The lowest BCUT2D eigenvalue weighted by molar-refractivity contribution is 0.107.